The van der Waals surface area contributed by atoms with Crippen LogP contribution >= 0.6 is 0 Å². The molecule has 1 amide bonds. The van der Waals surface area contributed by atoms with Crippen molar-refractivity contribution in [1.82, 2.24) is 15.1 Å². The number of H-pyrrole nitrogens is 1. The van der Waals surface area contributed by atoms with E-state index in [2.05, 4.69) is 10.2 Å². The first kappa shape index (κ1) is 11.5. The zero-order valence-electron chi connectivity index (χ0n) is 10.4. The first-order chi connectivity index (χ1) is 8.58. The summed E-state index contributed by atoms with van der Waals surface area (Å²) in [4.78, 5) is 14.2. The minimum absolute atomic E-state index is 0.0691. The normalized spacial score (nSPS) is 30.8. The van der Waals surface area contributed by atoms with Gasteiger partial charge in [-0.1, -0.05) is 0 Å². The van der Waals surface area contributed by atoms with Gasteiger partial charge >= 0.3 is 0 Å². The highest BCUT2D eigenvalue weighted by Crippen LogP contribution is 2.38. The summed E-state index contributed by atoms with van der Waals surface area (Å²) < 4.78 is 0. The van der Waals surface area contributed by atoms with Gasteiger partial charge in [0.25, 0.3) is 5.91 Å². The Morgan fingerprint density at radius 1 is 1.50 bits per heavy atom. The van der Waals surface area contributed by atoms with Crippen LogP contribution in [-0.2, 0) is 0 Å². The summed E-state index contributed by atoms with van der Waals surface area (Å²) >= 11 is 0. The molecule has 4 N–H and O–H groups in total. The first-order valence-corrected chi connectivity index (χ1v) is 6.35. The number of likely N-dealkylation sites (tertiary alicyclic amines) is 1. The molecule has 2 aliphatic rings. The van der Waals surface area contributed by atoms with Gasteiger partial charge in [0.05, 0.1) is 6.10 Å². The molecule has 2 fully saturated rings. The van der Waals surface area contributed by atoms with E-state index < -0.39 is 0 Å². The lowest BCUT2D eigenvalue weighted by atomic mass is 10.00. The fraction of sp³-hybridized carbons (Fsp3) is 0.667. The summed E-state index contributed by atoms with van der Waals surface area (Å²) in [6, 6.07) is 0. The molecule has 6 nitrogen and oxygen atoms in total. The Morgan fingerprint density at radius 2 is 2.28 bits per heavy atom. The lowest BCUT2D eigenvalue weighted by molar-refractivity contribution is 0.0753. The van der Waals surface area contributed by atoms with Gasteiger partial charge in [-0.3, -0.25) is 9.89 Å². The number of aromatic nitrogens is 2. The Labute approximate surface area is 105 Å². The van der Waals surface area contributed by atoms with Crippen LogP contribution in [0.2, 0.25) is 0 Å². The number of carbonyl (C=O) groups is 1. The highest BCUT2D eigenvalue weighted by molar-refractivity contribution is 5.99. The molecule has 1 saturated heterocycles. The van der Waals surface area contributed by atoms with Crippen molar-refractivity contribution in [2.75, 3.05) is 18.8 Å². The van der Waals surface area contributed by atoms with E-state index in [0.717, 1.165) is 19.4 Å². The fourth-order valence-corrected chi connectivity index (χ4v) is 3.28. The number of fused-ring (bicyclic) bond motifs is 1. The number of nitrogens with one attached hydrogen (secondary N) is 1. The number of hydrogen-bond acceptors (Lipinski definition) is 4. The minimum atomic E-state index is -0.254. The summed E-state index contributed by atoms with van der Waals surface area (Å²) in [7, 11) is 0. The smallest absolute Gasteiger partial charge is 0.259 e. The Balaban J connectivity index is 1.80. The van der Waals surface area contributed by atoms with Crippen molar-refractivity contribution in [1.29, 1.82) is 0 Å². The van der Waals surface area contributed by atoms with Gasteiger partial charge in [0.2, 0.25) is 0 Å². The van der Waals surface area contributed by atoms with Crippen LogP contribution in [0.5, 0.6) is 0 Å². The molecular formula is C12H18N4O2. The molecule has 2 heterocycles. The molecular weight excluding hydrogens is 232 g/mol. The summed E-state index contributed by atoms with van der Waals surface area (Å²) in [6.45, 7) is 3.15. The molecule has 3 rings (SSSR count). The zero-order valence-corrected chi connectivity index (χ0v) is 10.4. The van der Waals surface area contributed by atoms with Crippen molar-refractivity contribution < 1.29 is 9.90 Å². The second-order valence-electron chi connectivity index (χ2n) is 5.39. The fourth-order valence-electron chi connectivity index (χ4n) is 3.28. The molecule has 6 heteroatoms. The Kier molecular flexibility index (Phi) is 2.55. The molecule has 1 aliphatic carbocycles. The molecule has 3 unspecified atom stereocenters. The lowest BCUT2D eigenvalue weighted by Crippen LogP contribution is -2.31. The van der Waals surface area contributed by atoms with E-state index in [1.54, 1.807) is 11.8 Å². The van der Waals surface area contributed by atoms with Crippen LogP contribution in [-0.4, -0.2) is 45.3 Å². The van der Waals surface area contributed by atoms with Crippen LogP contribution in [0.3, 0.4) is 0 Å². The average Bonchev–Trinajstić information content (AvgIpc) is 2.97. The number of nitrogens with two attached hydrogens (primary N) is 1. The molecule has 3 atom stereocenters. The van der Waals surface area contributed by atoms with E-state index in [1.165, 1.54) is 0 Å². The third kappa shape index (κ3) is 1.59. The van der Waals surface area contributed by atoms with Gasteiger partial charge in [0, 0.05) is 24.7 Å². The number of nitrogens with zero attached hydrogens (tertiary/aromatic N) is 2. The van der Waals surface area contributed by atoms with E-state index in [4.69, 9.17) is 5.73 Å². The van der Waals surface area contributed by atoms with Crippen molar-refractivity contribution in [3.8, 4) is 0 Å². The van der Waals surface area contributed by atoms with Crippen LogP contribution in [0.15, 0.2) is 0 Å². The quantitative estimate of drug-likeness (QED) is 0.661. The maximum absolute atomic E-state index is 12.4. The number of carbonyl (C=O) groups excluding carboxylic acids is 1. The number of aryl methyl sites for hydroxylation is 1. The Hall–Kier alpha value is -1.56. The van der Waals surface area contributed by atoms with Crippen molar-refractivity contribution in [3.05, 3.63) is 11.3 Å². The zero-order chi connectivity index (χ0) is 12.9. The van der Waals surface area contributed by atoms with Crippen molar-refractivity contribution in [2.24, 2.45) is 11.8 Å². The predicted molar refractivity (Wildman–Crippen MR) is 65.9 cm³/mol. The van der Waals surface area contributed by atoms with Crippen LogP contribution in [0.1, 0.15) is 28.9 Å². The van der Waals surface area contributed by atoms with Crippen LogP contribution in [0.25, 0.3) is 0 Å². The number of nitrogen functional groups attached to an aromatic ring is 1. The maximum atomic E-state index is 12.4. The maximum Gasteiger partial charge on any atom is 0.259 e. The van der Waals surface area contributed by atoms with E-state index in [0.29, 0.717) is 23.7 Å². The van der Waals surface area contributed by atoms with Crippen LogP contribution in [0, 0.1) is 18.8 Å². The summed E-state index contributed by atoms with van der Waals surface area (Å²) in [6.07, 6.45) is 1.62. The van der Waals surface area contributed by atoms with Crippen LogP contribution < -0.4 is 5.73 Å². The minimum Gasteiger partial charge on any atom is -0.393 e. The molecule has 1 aromatic rings. The monoisotopic (exact) mass is 250 g/mol. The largest absolute Gasteiger partial charge is 0.393 e. The summed E-state index contributed by atoms with van der Waals surface area (Å²) in [5.41, 5.74) is 6.89. The number of hydrogen-bond donors (Lipinski definition) is 3. The second-order valence-corrected chi connectivity index (χ2v) is 5.39. The number of rotatable bonds is 1. The first-order valence-electron chi connectivity index (χ1n) is 6.35. The summed E-state index contributed by atoms with van der Waals surface area (Å²) in [5, 5.41) is 16.4. The molecule has 0 spiro atoms. The number of amides is 1. The third-order valence-corrected chi connectivity index (χ3v) is 4.30. The number of anilines is 1. The van der Waals surface area contributed by atoms with E-state index in [1.807, 2.05) is 0 Å². The van der Waals surface area contributed by atoms with Gasteiger partial charge < -0.3 is 15.7 Å². The number of aromatic amines is 1. The van der Waals surface area contributed by atoms with Gasteiger partial charge in [-0.2, -0.15) is 5.10 Å². The standard InChI is InChI=1S/C12H18N4O2/c1-6-10(11(13)15-14-6)12(18)16-4-7-2-3-9(17)8(7)5-16/h7-9,17H,2-5H2,1H3,(H3,13,14,15). The van der Waals surface area contributed by atoms with Crippen LogP contribution in [0.4, 0.5) is 5.82 Å². The highest BCUT2D eigenvalue weighted by atomic mass is 16.3. The van der Waals surface area contributed by atoms with E-state index >= 15 is 0 Å². The molecule has 0 aromatic carbocycles. The van der Waals surface area contributed by atoms with Gasteiger partial charge in [0.1, 0.15) is 5.56 Å². The lowest BCUT2D eigenvalue weighted by Gasteiger charge is -2.18. The van der Waals surface area contributed by atoms with Gasteiger partial charge in [-0.25, -0.2) is 0 Å². The molecule has 1 aromatic heterocycles. The molecule has 1 saturated carbocycles. The summed E-state index contributed by atoms with van der Waals surface area (Å²) in [5.74, 6) is 0.871. The highest BCUT2D eigenvalue weighted by Gasteiger charge is 2.43. The van der Waals surface area contributed by atoms with Gasteiger partial charge in [0.15, 0.2) is 5.82 Å². The molecule has 18 heavy (non-hydrogen) atoms. The van der Waals surface area contributed by atoms with Gasteiger partial charge in [-0.15, -0.1) is 0 Å². The average molecular weight is 250 g/mol. The van der Waals surface area contributed by atoms with Gasteiger partial charge in [-0.05, 0) is 25.7 Å². The molecule has 98 valence electrons. The van der Waals surface area contributed by atoms with E-state index in [9.17, 15) is 9.90 Å². The third-order valence-electron chi connectivity index (χ3n) is 4.30. The Morgan fingerprint density at radius 3 is 2.89 bits per heavy atom. The number of aliphatic hydroxyl groups excluding tert-OH is 1. The Bertz CT molecular complexity index is 465. The molecule has 0 bridgehead atoms. The van der Waals surface area contributed by atoms with E-state index in [-0.39, 0.29) is 23.7 Å². The van der Waals surface area contributed by atoms with Crippen molar-refractivity contribution >= 4 is 11.7 Å². The number of aliphatic hydroxyl groups is 1. The second kappa shape index (κ2) is 3.98. The SMILES string of the molecule is Cc1[nH]nc(N)c1C(=O)N1CC2CCC(O)C2C1. The van der Waals surface area contributed by atoms with Crippen molar-refractivity contribution in [2.45, 2.75) is 25.9 Å². The predicted octanol–water partition coefficient (Wildman–Crippen LogP) is 0.143. The molecule has 0 radical (unpaired) electrons. The van der Waals surface area contributed by atoms with Crippen molar-refractivity contribution in [3.63, 3.8) is 0 Å². The molecule has 1 aliphatic heterocycles. The topological polar surface area (TPSA) is 95.2 Å².